The summed E-state index contributed by atoms with van der Waals surface area (Å²) >= 11 is 0. The van der Waals surface area contributed by atoms with Crippen molar-refractivity contribution in [2.24, 2.45) is 5.92 Å². The summed E-state index contributed by atoms with van der Waals surface area (Å²) < 4.78 is 5.26. The molecule has 1 saturated carbocycles. The van der Waals surface area contributed by atoms with Gasteiger partial charge in [-0.1, -0.05) is 19.8 Å². The zero-order chi connectivity index (χ0) is 14.6. The van der Waals surface area contributed by atoms with Gasteiger partial charge in [0.1, 0.15) is 0 Å². The molecule has 1 aliphatic heterocycles. The summed E-state index contributed by atoms with van der Waals surface area (Å²) in [5, 5.41) is 0. The molecule has 2 atom stereocenters. The number of piperazine rings is 1. The molecule has 0 radical (unpaired) electrons. The lowest BCUT2D eigenvalue weighted by Gasteiger charge is -2.48. The van der Waals surface area contributed by atoms with Gasteiger partial charge in [-0.25, -0.2) is 0 Å². The lowest BCUT2D eigenvalue weighted by atomic mass is 9.80. The fourth-order valence-electron chi connectivity index (χ4n) is 4.19. The van der Waals surface area contributed by atoms with Crippen LogP contribution in [0.15, 0.2) is 0 Å². The standard InChI is InChI=1S/C16H30N2O2/c1-4-14-7-6-8-16(14,13-15(19)20-5-2)18-11-9-17(3)10-12-18/h14H,4-13H2,1-3H3. The summed E-state index contributed by atoms with van der Waals surface area (Å²) in [6.07, 6.45) is 5.44. The summed E-state index contributed by atoms with van der Waals surface area (Å²) in [7, 11) is 2.18. The second kappa shape index (κ2) is 6.90. The fraction of sp³-hybridized carbons (Fsp3) is 0.938. The molecule has 2 rings (SSSR count). The summed E-state index contributed by atoms with van der Waals surface area (Å²) in [6.45, 7) is 9.06. The molecule has 1 aliphatic carbocycles. The van der Waals surface area contributed by atoms with Crippen molar-refractivity contribution >= 4 is 5.97 Å². The highest BCUT2D eigenvalue weighted by atomic mass is 16.5. The van der Waals surface area contributed by atoms with Crippen LogP contribution in [0.1, 0.15) is 46.0 Å². The number of hydrogen-bond acceptors (Lipinski definition) is 4. The Morgan fingerprint density at radius 2 is 1.95 bits per heavy atom. The minimum absolute atomic E-state index is 0.00761. The zero-order valence-electron chi connectivity index (χ0n) is 13.4. The second-order valence-corrected chi connectivity index (χ2v) is 6.37. The number of ether oxygens (including phenoxy) is 1. The van der Waals surface area contributed by atoms with Gasteiger partial charge < -0.3 is 9.64 Å². The molecule has 0 amide bonds. The van der Waals surface area contributed by atoms with E-state index in [0.717, 1.165) is 32.6 Å². The van der Waals surface area contributed by atoms with Gasteiger partial charge in [-0.05, 0) is 32.7 Å². The van der Waals surface area contributed by atoms with E-state index in [9.17, 15) is 4.79 Å². The van der Waals surface area contributed by atoms with Crippen LogP contribution in [-0.4, -0.2) is 61.1 Å². The number of rotatable bonds is 5. The molecule has 0 spiro atoms. The average molecular weight is 282 g/mol. The van der Waals surface area contributed by atoms with Gasteiger partial charge in [-0.15, -0.1) is 0 Å². The van der Waals surface area contributed by atoms with Gasteiger partial charge >= 0.3 is 5.97 Å². The molecule has 0 aromatic rings. The minimum Gasteiger partial charge on any atom is -0.466 e. The maximum absolute atomic E-state index is 12.1. The van der Waals surface area contributed by atoms with Crippen molar-refractivity contribution in [2.75, 3.05) is 39.8 Å². The highest BCUT2D eigenvalue weighted by Crippen LogP contribution is 2.45. The molecule has 116 valence electrons. The third-order valence-electron chi connectivity index (χ3n) is 5.30. The predicted octanol–water partition coefficient (Wildman–Crippen LogP) is 2.14. The van der Waals surface area contributed by atoms with E-state index in [0.29, 0.717) is 18.9 Å². The van der Waals surface area contributed by atoms with E-state index in [1.807, 2.05) is 6.92 Å². The summed E-state index contributed by atoms with van der Waals surface area (Å²) in [4.78, 5) is 17.1. The lowest BCUT2D eigenvalue weighted by Crippen LogP contribution is -2.59. The van der Waals surface area contributed by atoms with Crippen molar-refractivity contribution in [1.29, 1.82) is 0 Å². The normalized spacial score (nSPS) is 32.5. The van der Waals surface area contributed by atoms with E-state index in [-0.39, 0.29) is 11.5 Å². The molecule has 4 nitrogen and oxygen atoms in total. The highest BCUT2D eigenvalue weighted by Gasteiger charge is 2.48. The molecule has 20 heavy (non-hydrogen) atoms. The Morgan fingerprint density at radius 1 is 1.25 bits per heavy atom. The van der Waals surface area contributed by atoms with Gasteiger partial charge in [0.2, 0.25) is 0 Å². The Labute approximate surface area is 123 Å². The number of nitrogens with zero attached hydrogens (tertiary/aromatic N) is 2. The fourth-order valence-corrected chi connectivity index (χ4v) is 4.19. The number of likely N-dealkylation sites (N-methyl/N-ethyl adjacent to an activating group) is 1. The van der Waals surface area contributed by atoms with Gasteiger partial charge in [0.05, 0.1) is 13.0 Å². The summed E-state index contributed by atoms with van der Waals surface area (Å²) in [5.74, 6) is 0.641. The van der Waals surface area contributed by atoms with Crippen LogP contribution in [0.5, 0.6) is 0 Å². The first-order chi connectivity index (χ1) is 9.62. The first-order valence-electron chi connectivity index (χ1n) is 8.21. The van der Waals surface area contributed by atoms with Crippen LogP contribution < -0.4 is 0 Å². The molecule has 0 aromatic heterocycles. The van der Waals surface area contributed by atoms with Crippen molar-refractivity contribution < 1.29 is 9.53 Å². The van der Waals surface area contributed by atoms with Crippen LogP contribution in [0.25, 0.3) is 0 Å². The molecule has 0 N–H and O–H groups in total. The minimum atomic E-state index is -0.00761. The van der Waals surface area contributed by atoms with E-state index in [2.05, 4.69) is 23.8 Å². The molecule has 1 saturated heterocycles. The Balaban J connectivity index is 2.13. The average Bonchev–Trinajstić information content (AvgIpc) is 2.83. The molecular weight excluding hydrogens is 252 g/mol. The van der Waals surface area contributed by atoms with Crippen LogP contribution in [0.4, 0.5) is 0 Å². The number of carbonyl (C=O) groups is 1. The third-order valence-corrected chi connectivity index (χ3v) is 5.30. The van der Waals surface area contributed by atoms with E-state index in [1.165, 1.54) is 19.3 Å². The summed E-state index contributed by atoms with van der Waals surface area (Å²) in [5.41, 5.74) is 0.0717. The van der Waals surface area contributed by atoms with Gasteiger partial charge in [0, 0.05) is 31.7 Å². The van der Waals surface area contributed by atoms with Crippen LogP contribution in [-0.2, 0) is 9.53 Å². The van der Waals surface area contributed by atoms with E-state index in [4.69, 9.17) is 4.74 Å². The molecule has 2 fully saturated rings. The van der Waals surface area contributed by atoms with E-state index in [1.54, 1.807) is 0 Å². The summed E-state index contributed by atoms with van der Waals surface area (Å²) in [6, 6.07) is 0. The van der Waals surface area contributed by atoms with Crippen LogP contribution in [0.2, 0.25) is 0 Å². The van der Waals surface area contributed by atoms with Crippen LogP contribution >= 0.6 is 0 Å². The number of carbonyl (C=O) groups excluding carboxylic acids is 1. The Bertz CT molecular complexity index is 326. The van der Waals surface area contributed by atoms with Crippen molar-refractivity contribution in [3.8, 4) is 0 Å². The maximum Gasteiger partial charge on any atom is 0.307 e. The van der Waals surface area contributed by atoms with Gasteiger partial charge in [0.25, 0.3) is 0 Å². The van der Waals surface area contributed by atoms with Crippen molar-refractivity contribution in [3.63, 3.8) is 0 Å². The second-order valence-electron chi connectivity index (χ2n) is 6.37. The third kappa shape index (κ3) is 3.17. The Kier molecular flexibility index (Phi) is 5.44. The highest BCUT2D eigenvalue weighted by molar-refractivity contribution is 5.71. The smallest absolute Gasteiger partial charge is 0.307 e. The molecule has 4 heteroatoms. The van der Waals surface area contributed by atoms with Crippen molar-refractivity contribution in [2.45, 2.75) is 51.5 Å². The molecule has 0 aromatic carbocycles. The largest absolute Gasteiger partial charge is 0.466 e. The van der Waals surface area contributed by atoms with Crippen LogP contribution in [0.3, 0.4) is 0 Å². The Morgan fingerprint density at radius 3 is 2.55 bits per heavy atom. The van der Waals surface area contributed by atoms with Crippen molar-refractivity contribution in [1.82, 2.24) is 9.80 Å². The Hall–Kier alpha value is -0.610. The first kappa shape index (κ1) is 15.8. The van der Waals surface area contributed by atoms with Crippen molar-refractivity contribution in [3.05, 3.63) is 0 Å². The molecule has 2 unspecified atom stereocenters. The topological polar surface area (TPSA) is 32.8 Å². The lowest BCUT2D eigenvalue weighted by molar-refractivity contribution is -0.148. The van der Waals surface area contributed by atoms with Gasteiger partial charge in [-0.3, -0.25) is 9.69 Å². The molecule has 2 aliphatic rings. The van der Waals surface area contributed by atoms with E-state index >= 15 is 0 Å². The van der Waals surface area contributed by atoms with Gasteiger partial charge in [0.15, 0.2) is 0 Å². The number of hydrogen-bond donors (Lipinski definition) is 0. The van der Waals surface area contributed by atoms with E-state index < -0.39 is 0 Å². The predicted molar refractivity (Wildman–Crippen MR) is 80.7 cm³/mol. The number of esters is 1. The maximum atomic E-state index is 12.1. The molecular formula is C16H30N2O2. The molecule has 1 heterocycles. The monoisotopic (exact) mass is 282 g/mol. The zero-order valence-corrected chi connectivity index (χ0v) is 13.4. The SMILES string of the molecule is CCOC(=O)CC1(N2CCN(C)CC2)CCCC1CC. The van der Waals surface area contributed by atoms with Crippen LogP contribution in [0, 0.1) is 5.92 Å². The first-order valence-corrected chi connectivity index (χ1v) is 8.21. The van der Waals surface area contributed by atoms with Gasteiger partial charge in [-0.2, -0.15) is 0 Å². The molecule has 0 bridgehead atoms. The quantitative estimate of drug-likeness (QED) is 0.723.